The quantitative estimate of drug-likeness (QED) is 0.759. The molecule has 1 amide bonds. The van der Waals surface area contributed by atoms with Crippen molar-refractivity contribution >= 4 is 16.8 Å². The first-order valence-electron chi connectivity index (χ1n) is 9.06. The van der Waals surface area contributed by atoms with Gasteiger partial charge in [-0.2, -0.15) is 0 Å². The molecule has 0 aliphatic carbocycles. The van der Waals surface area contributed by atoms with E-state index < -0.39 is 0 Å². The van der Waals surface area contributed by atoms with Gasteiger partial charge in [-0.25, -0.2) is 4.39 Å². The molecular weight excluding hydrogens is 347 g/mol. The smallest absolute Gasteiger partial charge is 0.270 e. The molecule has 5 nitrogen and oxygen atoms in total. The number of morpholine rings is 1. The normalized spacial score (nSPS) is 17.3. The number of ether oxygens (including phenoxy) is 2. The maximum Gasteiger partial charge on any atom is 0.270 e. The predicted molar refractivity (Wildman–Crippen MR) is 100 cm³/mol. The van der Waals surface area contributed by atoms with E-state index in [0.29, 0.717) is 32.0 Å². The zero-order valence-electron chi connectivity index (χ0n) is 15.1. The van der Waals surface area contributed by atoms with Gasteiger partial charge in [0, 0.05) is 23.5 Å². The lowest BCUT2D eigenvalue weighted by molar-refractivity contribution is -0.0230. The number of hydrogen-bond acceptors (Lipinski definition) is 3. The number of rotatable bonds is 4. The highest BCUT2D eigenvalue weighted by atomic mass is 19.1. The lowest BCUT2D eigenvalue weighted by Crippen LogP contribution is -2.42. The Morgan fingerprint density at radius 3 is 2.85 bits per heavy atom. The van der Waals surface area contributed by atoms with E-state index in [1.807, 2.05) is 31.2 Å². The van der Waals surface area contributed by atoms with Crippen LogP contribution in [0.2, 0.25) is 0 Å². The third-order valence-electron chi connectivity index (χ3n) is 4.73. The third kappa shape index (κ3) is 3.66. The number of nitrogens with one attached hydrogen (secondary N) is 1. The minimum atomic E-state index is -0.285. The van der Waals surface area contributed by atoms with Crippen LogP contribution in [0.1, 0.15) is 29.1 Å². The van der Waals surface area contributed by atoms with Crippen LogP contribution in [0.5, 0.6) is 5.75 Å². The van der Waals surface area contributed by atoms with Crippen LogP contribution in [0.25, 0.3) is 10.9 Å². The van der Waals surface area contributed by atoms with Crippen molar-refractivity contribution in [2.24, 2.45) is 0 Å². The molecule has 2 aromatic carbocycles. The number of hydrogen-bond donors (Lipinski definition) is 1. The lowest BCUT2D eigenvalue weighted by Gasteiger charge is -2.33. The van der Waals surface area contributed by atoms with Gasteiger partial charge in [0.2, 0.25) is 0 Å². The Kier molecular flexibility index (Phi) is 4.81. The van der Waals surface area contributed by atoms with Gasteiger partial charge in [0.1, 0.15) is 23.4 Å². The molecule has 2 heterocycles. The molecule has 1 aromatic heterocycles. The first kappa shape index (κ1) is 17.5. The Bertz CT molecular complexity index is 952. The summed E-state index contributed by atoms with van der Waals surface area (Å²) in [6.45, 7) is 3.93. The van der Waals surface area contributed by atoms with E-state index >= 15 is 0 Å². The van der Waals surface area contributed by atoms with Gasteiger partial charge in [0.15, 0.2) is 0 Å². The molecule has 0 spiro atoms. The summed E-state index contributed by atoms with van der Waals surface area (Å²) in [4.78, 5) is 17.9. The monoisotopic (exact) mass is 368 g/mol. The van der Waals surface area contributed by atoms with Crippen LogP contribution in [0.3, 0.4) is 0 Å². The molecule has 1 fully saturated rings. The highest BCUT2D eigenvalue weighted by Crippen LogP contribution is 2.25. The summed E-state index contributed by atoms with van der Waals surface area (Å²) in [6, 6.07) is 13.8. The van der Waals surface area contributed by atoms with E-state index in [4.69, 9.17) is 9.47 Å². The second-order valence-electron chi connectivity index (χ2n) is 6.53. The average Bonchev–Trinajstić information content (AvgIpc) is 3.12. The fourth-order valence-electron chi connectivity index (χ4n) is 3.36. The summed E-state index contributed by atoms with van der Waals surface area (Å²) in [6.07, 6.45) is -0.253. The van der Waals surface area contributed by atoms with Crippen LogP contribution < -0.4 is 4.74 Å². The molecule has 0 bridgehead atoms. The van der Waals surface area contributed by atoms with Crippen LogP contribution in [-0.4, -0.2) is 42.1 Å². The van der Waals surface area contributed by atoms with E-state index in [0.717, 1.165) is 22.2 Å². The van der Waals surface area contributed by atoms with Crippen LogP contribution in [0, 0.1) is 5.82 Å². The molecule has 1 atom stereocenters. The van der Waals surface area contributed by atoms with Gasteiger partial charge in [-0.05, 0) is 42.8 Å². The molecule has 4 rings (SSSR count). The largest absolute Gasteiger partial charge is 0.494 e. The fraction of sp³-hybridized carbons (Fsp3) is 0.286. The molecule has 6 heteroatoms. The number of halogens is 1. The molecular formula is C21H21FN2O3. The number of nitrogens with zero attached hydrogens (tertiary/aromatic N) is 1. The Labute approximate surface area is 156 Å². The van der Waals surface area contributed by atoms with Crippen LogP contribution in [0.15, 0.2) is 48.5 Å². The Hall–Kier alpha value is -2.86. The summed E-state index contributed by atoms with van der Waals surface area (Å²) in [5.74, 6) is 0.417. The van der Waals surface area contributed by atoms with Crippen molar-refractivity contribution in [1.29, 1.82) is 0 Å². The fourth-order valence-corrected chi connectivity index (χ4v) is 3.36. The predicted octanol–water partition coefficient (Wildman–Crippen LogP) is 3.92. The average molecular weight is 368 g/mol. The first-order valence-corrected chi connectivity index (χ1v) is 9.06. The summed E-state index contributed by atoms with van der Waals surface area (Å²) in [5, 5.41) is 0.963. The highest BCUT2D eigenvalue weighted by Gasteiger charge is 2.27. The first-order chi connectivity index (χ1) is 13.1. The van der Waals surface area contributed by atoms with E-state index in [1.165, 1.54) is 12.1 Å². The van der Waals surface area contributed by atoms with Gasteiger partial charge >= 0.3 is 0 Å². The molecule has 27 heavy (non-hydrogen) atoms. The number of benzene rings is 2. The minimum absolute atomic E-state index is 0.0698. The summed E-state index contributed by atoms with van der Waals surface area (Å²) < 4.78 is 24.4. The second-order valence-corrected chi connectivity index (χ2v) is 6.53. The molecule has 0 radical (unpaired) electrons. The van der Waals surface area contributed by atoms with Gasteiger partial charge in [-0.1, -0.05) is 12.1 Å². The SMILES string of the molecule is CCOc1ccc2cc(C(=O)N3CCOC(c4ccc(F)cc4)C3)[nH]c2c1. The molecule has 140 valence electrons. The molecule has 3 aromatic rings. The second kappa shape index (κ2) is 7.40. The Balaban J connectivity index is 1.53. The van der Waals surface area contributed by atoms with Crippen molar-refractivity contribution in [1.82, 2.24) is 9.88 Å². The van der Waals surface area contributed by atoms with E-state index in [1.54, 1.807) is 17.0 Å². The number of fused-ring (bicyclic) bond motifs is 1. The number of carbonyl (C=O) groups is 1. The lowest BCUT2D eigenvalue weighted by atomic mass is 10.1. The summed E-state index contributed by atoms with van der Waals surface area (Å²) in [7, 11) is 0. The Morgan fingerprint density at radius 1 is 1.26 bits per heavy atom. The van der Waals surface area contributed by atoms with Crippen molar-refractivity contribution in [3.63, 3.8) is 0 Å². The van der Waals surface area contributed by atoms with Gasteiger partial charge in [-0.15, -0.1) is 0 Å². The molecule has 0 saturated carbocycles. The highest BCUT2D eigenvalue weighted by molar-refractivity contribution is 5.98. The molecule has 1 aliphatic rings. The maximum absolute atomic E-state index is 13.1. The van der Waals surface area contributed by atoms with Crippen molar-refractivity contribution in [2.45, 2.75) is 13.0 Å². The van der Waals surface area contributed by atoms with Gasteiger partial charge < -0.3 is 19.4 Å². The molecule has 1 saturated heterocycles. The van der Waals surface area contributed by atoms with Crippen LogP contribution in [0.4, 0.5) is 4.39 Å². The number of H-pyrrole nitrogens is 1. The standard InChI is InChI=1S/C21H21FN2O3/c1-2-26-17-8-5-15-11-19(23-18(15)12-17)21(25)24-9-10-27-20(13-24)14-3-6-16(22)7-4-14/h3-8,11-12,20,23H,2,9-10,13H2,1H3. The summed E-state index contributed by atoms with van der Waals surface area (Å²) in [5.41, 5.74) is 2.28. The van der Waals surface area contributed by atoms with E-state index in [2.05, 4.69) is 4.98 Å². The molecule has 1 unspecified atom stereocenters. The maximum atomic E-state index is 13.1. The Morgan fingerprint density at radius 2 is 2.07 bits per heavy atom. The number of aromatic nitrogens is 1. The molecule has 1 aliphatic heterocycles. The topological polar surface area (TPSA) is 54.6 Å². The number of carbonyl (C=O) groups excluding carboxylic acids is 1. The van der Waals surface area contributed by atoms with Gasteiger partial charge in [-0.3, -0.25) is 4.79 Å². The zero-order valence-corrected chi connectivity index (χ0v) is 15.1. The van der Waals surface area contributed by atoms with Gasteiger partial charge in [0.25, 0.3) is 5.91 Å². The van der Waals surface area contributed by atoms with Crippen LogP contribution >= 0.6 is 0 Å². The van der Waals surface area contributed by atoms with Crippen molar-refractivity contribution in [3.8, 4) is 5.75 Å². The number of aromatic amines is 1. The summed E-state index contributed by atoms with van der Waals surface area (Å²) >= 11 is 0. The van der Waals surface area contributed by atoms with Crippen molar-refractivity contribution < 1.29 is 18.7 Å². The minimum Gasteiger partial charge on any atom is -0.494 e. The van der Waals surface area contributed by atoms with Crippen molar-refractivity contribution in [2.75, 3.05) is 26.3 Å². The number of amides is 1. The third-order valence-corrected chi connectivity index (χ3v) is 4.73. The van der Waals surface area contributed by atoms with E-state index in [-0.39, 0.29) is 17.8 Å². The molecule has 1 N–H and O–H groups in total. The zero-order chi connectivity index (χ0) is 18.8. The van der Waals surface area contributed by atoms with Crippen LogP contribution in [-0.2, 0) is 4.74 Å². The van der Waals surface area contributed by atoms with E-state index in [9.17, 15) is 9.18 Å². The van der Waals surface area contributed by atoms with Crippen molar-refractivity contribution in [3.05, 3.63) is 65.6 Å². The van der Waals surface area contributed by atoms with Gasteiger partial charge in [0.05, 0.1) is 19.8 Å².